The standard InChI is InChI=1S/C62H122NO8P/c1-6-8-10-12-14-16-18-20-22-24-26-27-28-29-30-31-32-33-34-35-37-38-40-42-44-46-48-50-52-54-61(64)68-58-60(59-70-72(66,67)69-57-56-63(3,4)5)71-62(65)55-53-51-49-47-45-43-41-39-36-25-23-21-19-17-15-13-11-9-7-2/h21,23,60H,6-20,22,24-59H2,1-5H3/p+1/b23-21-. The van der Waals surface area contributed by atoms with Crippen LogP contribution in [0, 0.1) is 0 Å². The number of quaternary nitrogens is 1. The van der Waals surface area contributed by atoms with Crippen molar-refractivity contribution in [2.45, 2.75) is 328 Å². The zero-order valence-corrected chi connectivity index (χ0v) is 49.6. The maximum absolute atomic E-state index is 12.8. The molecule has 0 rings (SSSR count). The van der Waals surface area contributed by atoms with Crippen LogP contribution in [-0.2, 0) is 32.7 Å². The summed E-state index contributed by atoms with van der Waals surface area (Å²) in [5.41, 5.74) is 0. The molecule has 0 saturated heterocycles. The van der Waals surface area contributed by atoms with E-state index in [0.29, 0.717) is 23.9 Å². The Labute approximate surface area is 447 Å². The minimum Gasteiger partial charge on any atom is -0.462 e. The predicted octanol–water partition coefficient (Wildman–Crippen LogP) is 19.6. The van der Waals surface area contributed by atoms with Crippen molar-refractivity contribution in [3.63, 3.8) is 0 Å². The van der Waals surface area contributed by atoms with Crippen molar-refractivity contribution in [3.05, 3.63) is 12.2 Å². The van der Waals surface area contributed by atoms with Gasteiger partial charge in [0.15, 0.2) is 6.10 Å². The van der Waals surface area contributed by atoms with Gasteiger partial charge < -0.3 is 18.9 Å². The molecule has 0 spiro atoms. The fourth-order valence-electron chi connectivity index (χ4n) is 9.43. The van der Waals surface area contributed by atoms with Crippen molar-refractivity contribution in [1.29, 1.82) is 0 Å². The molecule has 0 aromatic carbocycles. The Hall–Kier alpha value is -1.25. The van der Waals surface area contributed by atoms with Crippen LogP contribution < -0.4 is 0 Å². The van der Waals surface area contributed by atoms with Gasteiger partial charge in [0.05, 0.1) is 27.7 Å². The van der Waals surface area contributed by atoms with Crippen LogP contribution in [0.25, 0.3) is 0 Å². The molecule has 0 bridgehead atoms. The molecule has 0 aromatic rings. The highest BCUT2D eigenvalue weighted by molar-refractivity contribution is 7.47. The summed E-state index contributed by atoms with van der Waals surface area (Å²) in [6.07, 6.45) is 64.4. The molecule has 2 unspecified atom stereocenters. The molecule has 72 heavy (non-hydrogen) atoms. The average molecular weight is 1040 g/mol. The lowest BCUT2D eigenvalue weighted by atomic mass is 10.0. The maximum atomic E-state index is 12.8. The first-order chi connectivity index (χ1) is 35.0. The van der Waals surface area contributed by atoms with Crippen LogP contribution in [0.2, 0.25) is 0 Å². The summed E-state index contributed by atoms with van der Waals surface area (Å²) in [6.45, 7) is 4.49. The molecular weight excluding hydrogens is 918 g/mol. The SMILES string of the molecule is CCCCCCCC/C=C\CCCCCCCCCCCC(=O)OC(COC(=O)CCCCCCCCCCCCCCCCCCCCCCCCCCCCCCC)COP(=O)(O)OCC[N+](C)(C)C. The number of unbranched alkanes of at least 4 members (excludes halogenated alkanes) is 43. The molecule has 9 nitrogen and oxygen atoms in total. The molecule has 2 atom stereocenters. The van der Waals surface area contributed by atoms with Crippen LogP contribution in [0.1, 0.15) is 322 Å². The zero-order valence-electron chi connectivity index (χ0n) is 48.7. The van der Waals surface area contributed by atoms with E-state index in [-0.39, 0.29) is 25.6 Å². The molecule has 0 aliphatic carbocycles. The third-order valence-electron chi connectivity index (χ3n) is 14.3. The van der Waals surface area contributed by atoms with Crippen molar-refractivity contribution in [1.82, 2.24) is 0 Å². The molecule has 0 heterocycles. The van der Waals surface area contributed by atoms with Gasteiger partial charge in [0.25, 0.3) is 0 Å². The van der Waals surface area contributed by atoms with Crippen molar-refractivity contribution in [2.75, 3.05) is 47.5 Å². The highest BCUT2D eigenvalue weighted by Crippen LogP contribution is 2.43. The van der Waals surface area contributed by atoms with Gasteiger partial charge in [-0.3, -0.25) is 18.6 Å². The molecule has 0 amide bonds. The highest BCUT2D eigenvalue weighted by atomic mass is 31.2. The van der Waals surface area contributed by atoms with Crippen LogP contribution in [0.15, 0.2) is 12.2 Å². The average Bonchev–Trinajstić information content (AvgIpc) is 3.34. The minimum absolute atomic E-state index is 0.0351. The molecule has 0 radical (unpaired) electrons. The summed E-state index contributed by atoms with van der Waals surface area (Å²) >= 11 is 0. The first-order valence-corrected chi connectivity index (χ1v) is 32.9. The van der Waals surface area contributed by atoms with Gasteiger partial charge in [0, 0.05) is 12.8 Å². The number of ether oxygens (including phenoxy) is 2. The number of carbonyl (C=O) groups is 2. The van der Waals surface area contributed by atoms with Gasteiger partial charge in [-0.15, -0.1) is 0 Å². The van der Waals surface area contributed by atoms with Crippen molar-refractivity contribution >= 4 is 19.8 Å². The summed E-state index contributed by atoms with van der Waals surface area (Å²) in [6, 6.07) is 0. The fraction of sp³-hybridized carbons (Fsp3) is 0.935. The van der Waals surface area contributed by atoms with Gasteiger partial charge in [-0.1, -0.05) is 283 Å². The maximum Gasteiger partial charge on any atom is 0.472 e. The quantitative estimate of drug-likeness (QED) is 0.0211. The van der Waals surface area contributed by atoms with Crippen molar-refractivity contribution in [2.24, 2.45) is 0 Å². The van der Waals surface area contributed by atoms with Gasteiger partial charge in [0.1, 0.15) is 19.8 Å². The molecule has 0 fully saturated rings. The molecule has 0 aliphatic rings. The number of carbonyl (C=O) groups excluding carboxylic acids is 2. The fourth-order valence-corrected chi connectivity index (χ4v) is 10.2. The minimum atomic E-state index is -4.38. The Morgan fingerprint density at radius 2 is 0.708 bits per heavy atom. The van der Waals surface area contributed by atoms with E-state index in [4.69, 9.17) is 18.5 Å². The van der Waals surface area contributed by atoms with E-state index in [1.54, 1.807) is 0 Å². The second kappa shape index (κ2) is 54.5. The van der Waals surface area contributed by atoms with Crippen LogP contribution in [-0.4, -0.2) is 74.9 Å². The Morgan fingerprint density at radius 1 is 0.417 bits per heavy atom. The van der Waals surface area contributed by atoms with Crippen molar-refractivity contribution < 1.29 is 42.1 Å². The Balaban J connectivity index is 4.02. The highest BCUT2D eigenvalue weighted by Gasteiger charge is 2.27. The Bertz CT molecular complexity index is 1220. The van der Waals surface area contributed by atoms with E-state index in [9.17, 15) is 19.0 Å². The van der Waals surface area contributed by atoms with Crippen LogP contribution in [0.3, 0.4) is 0 Å². The smallest absolute Gasteiger partial charge is 0.462 e. The van der Waals surface area contributed by atoms with E-state index in [0.717, 1.165) is 32.1 Å². The summed E-state index contributed by atoms with van der Waals surface area (Å²) in [4.78, 5) is 35.7. The molecular formula is C62H123NO8P+. The number of phosphoric ester groups is 1. The van der Waals surface area contributed by atoms with E-state index < -0.39 is 26.5 Å². The van der Waals surface area contributed by atoms with E-state index in [1.165, 1.54) is 257 Å². The third-order valence-corrected chi connectivity index (χ3v) is 15.3. The van der Waals surface area contributed by atoms with Gasteiger partial charge >= 0.3 is 19.8 Å². The second-order valence-electron chi connectivity index (χ2n) is 22.8. The van der Waals surface area contributed by atoms with E-state index in [2.05, 4.69) is 26.0 Å². The number of allylic oxidation sites excluding steroid dienone is 2. The van der Waals surface area contributed by atoms with Gasteiger partial charge in [-0.2, -0.15) is 0 Å². The van der Waals surface area contributed by atoms with Gasteiger partial charge in [-0.05, 0) is 38.5 Å². The summed E-state index contributed by atoms with van der Waals surface area (Å²) < 4.78 is 34.6. The van der Waals surface area contributed by atoms with Crippen LogP contribution >= 0.6 is 7.82 Å². The van der Waals surface area contributed by atoms with Crippen LogP contribution in [0.5, 0.6) is 0 Å². The lowest BCUT2D eigenvalue weighted by Crippen LogP contribution is -2.37. The number of rotatable bonds is 59. The summed E-state index contributed by atoms with van der Waals surface area (Å²) in [7, 11) is 1.50. The number of esters is 2. The second-order valence-corrected chi connectivity index (χ2v) is 24.3. The van der Waals surface area contributed by atoms with E-state index in [1.807, 2.05) is 21.1 Å². The lowest BCUT2D eigenvalue weighted by molar-refractivity contribution is -0.870. The first kappa shape index (κ1) is 70.8. The Morgan fingerprint density at radius 3 is 1.03 bits per heavy atom. The monoisotopic (exact) mass is 1040 g/mol. The number of likely N-dealkylation sites (N-methyl/N-ethyl adjacent to an activating group) is 1. The Kier molecular flexibility index (Phi) is 53.6. The predicted molar refractivity (Wildman–Crippen MR) is 308 cm³/mol. The zero-order chi connectivity index (χ0) is 52.7. The van der Waals surface area contributed by atoms with Crippen LogP contribution in [0.4, 0.5) is 0 Å². The summed E-state index contributed by atoms with van der Waals surface area (Å²) in [5, 5.41) is 0. The summed E-state index contributed by atoms with van der Waals surface area (Å²) in [5.74, 6) is -0.779. The topological polar surface area (TPSA) is 108 Å². The molecule has 10 heteroatoms. The first-order valence-electron chi connectivity index (χ1n) is 31.4. The number of hydrogen-bond donors (Lipinski definition) is 1. The molecule has 428 valence electrons. The molecule has 0 aromatic heterocycles. The van der Waals surface area contributed by atoms with Gasteiger partial charge in [0.2, 0.25) is 0 Å². The van der Waals surface area contributed by atoms with Crippen molar-refractivity contribution in [3.8, 4) is 0 Å². The van der Waals surface area contributed by atoms with Gasteiger partial charge in [-0.25, -0.2) is 4.57 Å². The lowest BCUT2D eigenvalue weighted by Gasteiger charge is -2.24. The van der Waals surface area contributed by atoms with E-state index >= 15 is 0 Å². The largest absolute Gasteiger partial charge is 0.472 e. The molecule has 0 aliphatic heterocycles. The number of hydrogen-bond acceptors (Lipinski definition) is 7. The number of phosphoric acid groups is 1. The normalized spacial score (nSPS) is 13.2. The number of nitrogens with zero attached hydrogens (tertiary/aromatic N) is 1. The molecule has 0 saturated carbocycles. The molecule has 1 N–H and O–H groups in total. The third kappa shape index (κ3) is 58.0.